The summed E-state index contributed by atoms with van der Waals surface area (Å²) in [6, 6.07) is 6.68. The molecule has 0 bridgehead atoms. The molecule has 0 amide bonds. The summed E-state index contributed by atoms with van der Waals surface area (Å²) in [4.78, 5) is 1.35. The zero-order valence-corrected chi connectivity index (χ0v) is 11.6. The van der Waals surface area contributed by atoms with Gasteiger partial charge in [0.2, 0.25) is 0 Å². The third kappa shape index (κ3) is 3.32. The third-order valence-corrected chi connectivity index (χ3v) is 3.36. The van der Waals surface area contributed by atoms with Crippen molar-refractivity contribution in [1.82, 2.24) is 0 Å². The van der Waals surface area contributed by atoms with Crippen LogP contribution in [0.15, 0.2) is 27.6 Å². The minimum absolute atomic E-state index is 0.229. The molecule has 0 atom stereocenters. The highest BCUT2D eigenvalue weighted by atomic mass is 79.9. The summed E-state index contributed by atoms with van der Waals surface area (Å²) >= 11 is 5.45. The van der Waals surface area contributed by atoms with Crippen molar-refractivity contribution >= 4 is 27.7 Å². The molecule has 2 heteroatoms. The number of hydrogen-bond donors (Lipinski definition) is 0. The maximum atomic E-state index is 3.56. The van der Waals surface area contributed by atoms with Gasteiger partial charge in [-0.2, -0.15) is 0 Å². The van der Waals surface area contributed by atoms with Crippen molar-refractivity contribution in [2.75, 3.05) is 5.75 Å². The molecule has 1 aromatic rings. The van der Waals surface area contributed by atoms with Gasteiger partial charge in [-0.05, 0) is 34.9 Å². The second-order valence-electron chi connectivity index (χ2n) is 4.36. The van der Waals surface area contributed by atoms with Gasteiger partial charge in [0.05, 0.1) is 0 Å². The number of benzene rings is 1. The van der Waals surface area contributed by atoms with Crippen LogP contribution in [-0.4, -0.2) is 5.75 Å². The van der Waals surface area contributed by atoms with Crippen LogP contribution in [0.2, 0.25) is 0 Å². The molecule has 0 fully saturated rings. The van der Waals surface area contributed by atoms with Gasteiger partial charge < -0.3 is 0 Å². The first-order valence-corrected chi connectivity index (χ1v) is 6.65. The minimum Gasteiger partial charge on any atom is -0.126 e. The van der Waals surface area contributed by atoms with Crippen LogP contribution in [0, 0.1) is 0 Å². The average Bonchev–Trinajstić information content (AvgIpc) is 2.02. The highest BCUT2D eigenvalue weighted by molar-refractivity contribution is 9.10. The van der Waals surface area contributed by atoms with Crippen LogP contribution in [0.25, 0.3) is 0 Å². The standard InChI is InChI=1S/C12H17BrS/c1-5-14-11-7-9(12(2,3)4)6-10(13)8-11/h6-8H,5H2,1-4H3. The van der Waals surface area contributed by atoms with Crippen molar-refractivity contribution in [3.63, 3.8) is 0 Å². The Morgan fingerprint density at radius 3 is 2.36 bits per heavy atom. The minimum atomic E-state index is 0.229. The number of hydrogen-bond acceptors (Lipinski definition) is 1. The van der Waals surface area contributed by atoms with Gasteiger partial charge in [0, 0.05) is 9.37 Å². The quantitative estimate of drug-likeness (QED) is 0.693. The number of rotatable bonds is 2. The Balaban J connectivity index is 3.07. The first-order chi connectivity index (χ1) is 6.43. The van der Waals surface area contributed by atoms with Crippen LogP contribution >= 0.6 is 27.7 Å². The molecule has 1 aromatic carbocycles. The molecule has 0 aromatic heterocycles. The molecule has 0 N–H and O–H groups in total. The van der Waals surface area contributed by atoms with E-state index in [0.29, 0.717) is 0 Å². The molecule has 0 saturated carbocycles. The van der Waals surface area contributed by atoms with E-state index in [-0.39, 0.29) is 5.41 Å². The summed E-state index contributed by atoms with van der Waals surface area (Å²) in [5, 5.41) is 0. The summed E-state index contributed by atoms with van der Waals surface area (Å²) in [5.41, 5.74) is 1.62. The van der Waals surface area contributed by atoms with Crippen LogP contribution < -0.4 is 0 Å². The molecule has 0 heterocycles. The fraction of sp³-hybridized carbons (Fsp3) is 0.500. The summed E-state index contributed by atoms with van der Waals surface area (Å²) in [7, 11) is 0. The van der Waals surface area contributed by atoms with Crippen molar-refractivity contribution in [1.29, 1.82) is 0 Å². The van der Waals surface area contributed by atoms with Crippen molar-refractivity contribution < 1.29 is 0 Å². The maximum Gasteiger partial charge on any atom is 0.0189 e. The SMILES string of the molecule is CCSc1cc(Br)cc(C(C)(C)C)c1. The molecular weight excluding hydrogens is 256 g/mol. The van der Waals surface area contributed by atoms with Crippen LogP contribution in [0.4, 0.5) is 0 Å². The van der Waals surface area contributed by atoms with E-state index in [1.165, 1.54) is 14.9 Å². The first kappa shape index (κ1) is 12.1. The largest absolute Gasteiger partial charge is 0.126 e. The van der Waals surface area contributed by atoms with E-state index in [0.717, 1.165) is 5.75 Å². The molecule has 0 saturated heterocycles. The third-order valence-electron chi connectivity index (χ3n) is 2.05. The zero-order valence-electron chi connectivity index (χ0n) is 9.23. The Hall–Kier alpha value is 0.0500. The lowest BCUT2D eigenvalue weighted by Gasteiger charge is -2.20. The molecule has 1 rings (SSSR count). The summed E-state index contributed by atoms with van der Waals surface area (Å²) in [6.07, 6.45) is 0. The zero-order chi connectivity index (χ0) is 10.8. The van der Waals surface area contributed by atoms with E-state index in [2.05, 4.69) is 61.8 Å². The summed E-state index contributed by atoms with van der Waals surface area (Å²) < 4.78 is 1.18. The number of thioether (sulfide) groups is 1. The molecule has 0 aliphatic carbocycles. The van der Waals surface area contributed by atoms with Gasteiger partial charge in [0.15, 0.2) is 0 Å². The Morgan fingerprint density at radius 2 is 1.86 bits per heavy atom. The van der Waals surface area contributed by atoms with Gasteiger partial charge in [-0.25, -0.2) is 0 Å². The van der Waals surface area contributed by atoms with Crippen molar-refractivity contribution in [3.8, 4) is 0 Å². The lowest BCUT2D eigenvalue weighted by molar-refractivity contribution is 0.588. The van der Waals surface area contributed by atoms with Crippen LogP contribution in [0.5, 0.6) is 0 Å². The number of halogens is 1. The summed E-state index contributed by atoms with van der Waals surface area (Å²) in [5.74, 6) is 1.13. The fourth-order valence-corrected chi connectivity index (χ4v) is 2.64. The Labute approximate surface area is 99.6 Å². The van der Waals surface area contributed by atoms with Crippen LogP contribution in [0.3, 0.4) is 0 Å². The topological polar surface area (TPSA) is 0 Å². The summed E-state index contributed by atoms with van der Waals surface area (Å²) in [6.45, 7) is 8.92. The normalized spacial score (nSPS) is 11.8. The molecule has 0 unspecified atom stereocenters. The van der Waals surface area contributed by atoms with E-state index in [1.807, 2.05) is 11.8 Å². The van der Waals surface area contributed by atoms with Crippen LogP contribution in [-0.2, 0) is 5.41 Å². The van der Waals surface area contributed by atoms with E-state index < -0.39 is 0 Å². The maximum absolute atomic E-state index is 3.56. The molecule has 78 valence electrons. The van der Waals surface area contributed by atoms with Gasteiger partial charge in [0.1, 0.15) is 0 Å². The van der Waals surface area contributed by atoms with Gasteiger partial charge >= 0.3 is 0 Å². The van der Waals surface area contributed by atoms with E-state index >= 15 is 0 Å². The molecule has 14 heavy (non-hydrogen) atoms. The molecule has 0 aliphatic rings. The fourth-order valence-electron chi connectivity index (χ4n) is 1.25. The van der Waals surface area contributed by atoms with E-state index in [4.69, 9.17) is 0 Å². The lowest BCUT2D eigenvalue weighted by Crippen LogP contribution is -2.10. The monoisotopic (exact) mass is 272 g/mol. The second-order valence-corrected chi connectivity index (χ2v) is 6.61. The van der Waals surface area contributed by atoms with Crippen LogP contribution in [0.1, 0.15) is 33.3 Å². The molecule has 0 spiro atoms. The van der Waals surface area contributed by atoms with Gasteiger partial charge in [-0.3, -0.25) is 0 Å². The lowest BCUT2D eigenvalue weighted by atomic mass is 9.87. The molecular formula is C12H17BrS. The average molecular weight is 273 g/mol. The highest BCUT2D eigenvalue weighted by Gasteiger charge is 2.14. The van der Waals surface area contributed by atoms with E-state index in [9.17, 15) is 0 Å². The van der Waals surface area contributed by atoms with Crippen molar-refractivity contribution in [2.45, 2.75) is 38.0 Å². The molecule has 0 nitrogen and oxygen atoms in total. The first-order valence-electron chi connectivity index (χ1n) is 4.87. The smallest absolute Gasteiger partial charge is 0.0189 e. The second kappa shape index (κ2) is 4.71. The van der Waals surface area contributed by atoms with Gasteiger partial charge in [-0.1, -0.05) is 43.6 Å². The Bertz CT molecular complexity index is 313. The predicted molar refractivity (Wildman–Crippen MR) is 69.2 cm³/mol. The predicted octanol–water partition coefficient (Wildman–Crippen LogP) is 4.86. The van der Waals surface area contributed by atoms with Crippen molar-refractivity contribution in [3.05, 3.63) is 28.2 Å². The van der Waals surface area contributed by atoms with E-state index in [1.54, 1.807) is 0 Å². The van der Waals surface area contributed by atoms with Gasteiger partial charge in [-0.15, -0.1) is 11.8 Å². The molecule has 0 radical (unpaired) electrons. The highest BCUT2D eigenvalue weighted by Crippen LogP contribution is 2.30. The molecule has 0 aliphatic heterocycles. The Kier molecular flexibility index (Phi) is 4.08. The Morgan fingerprint density at radius 1 is 1.21 bits per heavy atom. The van der Waals surface area contributed by atoms with Gasteiger partial charge in [0.25, 0.3) is 0 Å². The van der Waals surface area contributed by atoms with Crippen molar-refractivity contribution in [2.24, 2.45) is 0 Å².